The Balaban J connectivity index is 2.76. The van der Waals surface area contributed by atoms with Crippen molar-refractivity contribution in [2.24, 2.45) is 0 Å². The first-order chi connectivity index (χ1) is 5.46. The lowest BCUT2D eigenvalue weighted by molar-refractivity contribution is 0.276. The number of halogens is 6. The van der Waals surface area contributed by atoms with E-state index in [0.29, 0.717) is 0 Å². The van der Waals surface area contributed by atoms with Crippen molar-refractivity contribution in [1.29, 1.82) is 0 Å². The summed E-state index contributed by atoms with van der Waals surface area (Å²) < 4.78 is 13.2. The van der Waals surface area contributed by atoms with E-state index >= 15 is 0 Å². The Hall–Kier alpha value is 1.57. The number of rotatable bonds is 0. The minimum atomic E-state index is -1.26. The SMILES string of the molecule is FC1C(Cl)C(Cl)C(Cl)C(Cl)C1Br. The van der Waals surface area contributed by atoms with Gasteiger partial charge in [-0.25, -0.2) is 4.39 Å². The molecule has 72 valence electrons. The topological polar surface area (TPSA) is 0 Å². The van der Waals surface area contributed by atoms with Gasteiger partial charge in [0.25, 0.3) is 0 Å². The maximum absolute atomic E-state index is 13.2. The molecule has 1 aliphatic carbocycles. The van der Waals surface area contributed by atoms with Gasteiger partial charge in [0.2, 0.25) is 0 Å². The smallest absolute Gasteiger partial charge is 0.132 e. The highest BCUT2D eigenvalue weighted by atomic mass is 79.9. The zero-order valence-corrected chi connectivity index (χ0v) is 10.3. The summed E-state index contributed by atoms with van der Waals surface area (Å²) in [4.78, 5) is -0.529. The van der Waals surface area contributed by atoms with Crippen molar-refractivity contribution >= 4 is 62.3 Å². The molecule has 0 spiro atoms. The van der Waals surface area contributed by atoms with Crippen LogP contribution in [0.5, 0.6) is 0 Å². The average Bonchev–Trinajstić information content (AvgIpc) is 2.08. The van der Waals surface area contributed by atoms with Crippen LogP contribution in [0.2, 0.25) is 0 Å². The summed E-state index contributed by atoms with van der Waals surface area (Å²) in [6, 6.07) is 0. The monoisotopic (exact) mass is 316 g/mol. The van der Waals surface area contributed by atoms with E-state index in [1.807, 2.05) is 0 Å². The Labute approximate surface area is 98.8 Å². The molecule has 0 amide bonds. The molecule has 0 aromatic rings. The van der Waals surface area contributed by atoms with E-state index in [1.165, 1.54) is 0 Å². The van der Waals surface area contributed by atoms with Crippen LogP contribution in [0.25, 0.3) is 0 Å². The van der Waals surface area contributed by atoms with E-state index in [2.05, 4.69) is 15.9 Å². The van der Waals surface area contributed by atoms with Gasteiger partial charge in [0.05, 0.1) is 26.3 Å². The second-order valence-electron chi connectivity index (χ2n) is 2.67. The molecular formula is C6H6BrCl4F. The lowest BCUT2D eigenvalue weighted by Crippen LogP contribution is -2.52. The summed E-state index contributed by atoms with van der Waals surface area (Å²) in [5.74, 6) is 0. The molecule has 1 rings (SSSR count). The molecule has 6 atom stereocenters. The van der Waals surface area contributed by atoms with Crippen LogP contribution in [-0.4, -0.2) is 32.5 Å². The van der Waals surface area contributed by atoms with Crippen LogP contribution in [-0.2, 0) is 0 Å². The van der Waals surface area contributed by atoms with E-state index in [1.54, 1.807) is 0 Å². The van der Waals surface area contributed by atoms with Crippen LogP contribution >= 0.6 is 62.3 Å². The minimum absolute atomic E-state index is 0.507. The van der Waals surface area contributed by atoms with E-state index in [-0.39, 0.29) is 0 Å². The quantitative estimate of drug-likeness (QED) is 0.599. The van der Waals surface area contributed by atoms with Crippen LogP contribution < -0.4 is 0 Å². The van der Waals surface area contributed by atoms with Crippen LogP contribution in [0.3, 0.4) is 0 Å². The molecule has 0 saturated heterocycles. The largest absolute Gasteiger partial charge is 0.245 e. The van der Waals surface area contributed by atoms with Gasteiger partial charge in [-0.15, -0.1) is 46.4 Å². The molecule has 0 aromatic carbocycles. The van der Waals surface area contributed by atoms with Gasteiger partial charge >= 0.3 is 0 Å². The van der Waals surface area contributed by atoms with Crippen molar-refractivity contribution < 1.29 is 4.39 Å². The molecule has 0 radical (unpaired) electrons. The van der Waals surface area contributed by atoms with Gasteiger partial charge in [0.1, 0.15) is 6.17 Å². The summed E-state index contributed by atoms with van der Waals surface area (Å²) in [5.41, 5.74) is 0. The maximum atomic E-state index is 13.2. The minimum Gasteiger partial charge on any atom is -0.245 e. The van der Waals surface area contributed by atoms with E-state index in [9.17, 15) is 4.39 Å². The van der Waals surface area contributed by atoms with Crippen molar-refractivity contribution in [3.63, 3.8) is 0 Å². The third kappa shape index (κ3) is 1.98. The fourth-order valence-electron chi connectivity index (χ4n) is 1.05. The van der Waals surface area contributed by atoms with Gasteiger partial charge < -0.3 is 0 Å². The summed E-state index contributed by atoms with van der Waals surface area (Å²) in [5, 5.41) is -2.44. The fraction of sp³-hybridized carbons (Fsp3) is 1.00. The molecule has 0 heterocycles. The average molecular weight is 319 g/mol. The van der Waals surface area contributed by atoms with Crippen LogP contribution in [0.4, 0.5) is 4.39 Å². The van der Waals surface area contributed by atoms with Gasteiger partial charge in [0, 0.05) is 0 Å². The lowest BCUT2D eigenvalue weighted by Gasteiger charge is -2.37. The molecule has 1 aliphatic rings. The van der Waals surface area contributed by atoms with Crippen molar-refractivity contribution in [2.75, 3.05) is 0 Å². The summed E-state index contributed by atoms with van der Waals surface area (Å²) in [6.45, 7) is 0. The molecule has 0 nitrogen and oxygen atoms in total. The first-order valence-corrected chi connectivity index (χ1v) is 5.97. The van der Waals surface area contributed by atoms with Gasteiger partial charge in [-0.2, -0.15) is 0 Å². The Bertz CT molecular complexity index is 111. The van der Waals surface area contributed by atoms with E-state index in [4.69, 9.17) is 46.4 Å². The second-order valence-corrected chi connectivity index (χ2v) is 5.74. The molecule has 1 saturated carbocycles. The standard InChI is InChI=1S/C6H6BrCl4F/c7-1-2(8)3(9)4(10)5(11)6(1)12/h1-6H. The molecule has 0 bridgehead atoms. The van der Waals surface area contributed by atoms with Gasteiger partial charge in [0.15, 0.2) is 0 Å². The number of hydrogen-bond acceptors (Lipinski definition) is 0. The first-order valence-electron chi connectivity index (χ1n) is 3.31. The fourth-order valence-corrected chi connectivity index (χ4v) is 3.43. The molecular weight excluding hydrogens is 313 g/mol. The lowest BCUT2D eigenvalue weighted by atomic mass is 9.96. The van der Waals surface area contributed by atoms with E-state index < -0.39 is 32.5 Å². The van der Waals surface area contributed by atoms with Crippen molar-refractivity contribution in [2.45, 2.75) is 32.5 Å². The Morgan fingerprint density at radius 3 is 1.75 bits per heavy atom. The van der Waals surface area contributed by atoms with Crippen molar-refractivity contribution in [3.05, 3.63) is 0 Å². The third-order valence-corrected chi connectivity index (χ3v) is 5.73. The van der Waals surface area contributed by atoms with Crippen LogP contribution in [0.15, 0.2) is 0 Å². The van der Waals surface area contributed by atoms with Gasteiger partial charge in [-0.1, -0.05) is 15.9 Å². The zero-order valence-electron chi connectivity index (χ0n) is 5.73. The Kier molecular flexibility index (Phi) is 4.26. The highest BCUT2D eigenvalue weighted by molar-refractivity contribution is 9.09. The Morgan fingerprint density at radius 2 is 1.25 bits per heavy atom. The Morgan fingerprint density at radius 1 is 0.833 bits per heavy atom. The highest BCUT2D eigenvalue weighted by Crippen LogP contribution is 2.39. The number of hydrogen-bond donors (Lipinski definition) is 0. The molecule has 12 heavy (non-hydrogen) atoms. The highest BCUT2D eigenvalue weighted by Gasteiger charge is 2.47. The summed E-state index contributed by atoms with van der Waals surface area (Å²) in [6.07, 6.45) is -1.26. The number of alkyl halides is 6. The van der Waals surface area contributed by atoms with Crippen molar-refractivity contribution in [3.8, 4) is 0 Å². The van der Waals surface area contributed by atoms with Gasteiger partial charge in [-0.05, 0) is 0 Å². The van der Waals surface area contributed by atoms with Crippen LogP contribution in [0.1, 0.15) is 0 Å². The molecule has 0 aliphatic heterocycles. The summed E-state index contributed by atoms with van der Waals surface area (Å²) in [7, 11) is 0. The zero-order chi connectivity index (χ0) is 9.46. The van der Waals surface area contributed by atoms with E-state index in [0.717, 1.165) is 0 Å². The third-order valence-electron chi connectivity index (χ3n) is 1.83. The molecule has 0 aromatic heterocycles. The van der Waals surface area contributed by atoms with Crippen LogP contribution in [0, 0.1) is 0 Å². The molecule has 6 heteroatoms. The predicted molar refractivity (Wildman–Crippen MR) is 56.2 cm³/mol. The summed E-state index contributed by atoms with van der Waals surface area (Å²) >= 11 is 26.2. The molecule has 0 N–H and O–H groups in total. The van der Waals surface area contributed by atoms with Crippen molar-refractivity contribution in [1.82, 2.24) is 0 Å². The predicted octanol–water partition coefficient (Wildman–Crippen LogP) is 3.53. The normalized spacial score (nSPS) is 55.5. The molecule has 6 unspecified atom stereocenters. The molecule has 1 fully saturated rings. The first kappa shape index (κ1) is 11.6. The van der Waals surface area contributed by atoms with Gasteiger partial charge in [-0.3, -0.25) is 0 Å². The maximum Gasteiger partial charge on any atom is 0.132 e. The second kappa shape index (κ2) is 4.39.